The van der Waals surface area contributed by atoms with Crippen molar-refractivity contribution in [1.29, 1.82) is 0 Å². The summed E-state index contributed by atoms with van der Waals surface area (Å²) >= 11 is 0. The lowest BCUT2D eigenvalue weighted by molar-refractivity contribution is 0.339. The molecule has 62 valence electrons. The van der Waals surface area contributed by atoms with E-state index in [-0.39, 0.29) is 0 Å². The lowest BCUT2D eigenvalue weighted by Crippen LogP contribution is -2.06. The molecule has 0 aliphatic rings. The van der Waals surface area contributed by atoms with Crippen molar-refractivity contribution in [3.63, 3.8) is 0 Å². The topological polar surface area (TPSA) is 0 Å². The average Bonchev–Trinajstić information content (AvgIpc) is 1.89. The fourth-order valence-electron chi connectivity index (χ4n) is 1.48. The largest absolute Gasteiger partial charge is 0.0654 e. The summed E-state index contributed by atoms with van der Waals surface area (Å²) in [6, 6.07) is 0. The van der Waals surface area contributed by atoms with E-state index >= 15 is 0 Å². The Bertz CT molecular complexity index is 56.4. The molecule has 0 aromatic carbocycles. The molecule has 0 rings (SSSR count). The first kappa shape index (κ1) is 10.0. The highest BCUT2D eigenvalue weighted by Crippen LogP contribution is 2.20. The molecule has 0 heteroatoms. The van der Waals surface area contributed by atoms with Gasteiger partial charge in [0.15, 0.2) is 0 Å². The molecule has 0 radical (unpaired) electrons. The predicted octanol–water partition coefficient (Wildman–Crippen LogP) is 3.86. The first-order valence-electron chi connectivity index (χ1n) is 4.72. The van der Waals surface area contributed by atoms with Crippen molar-refractivity contribution in [2.24, 2.45) is 11.8 Å². The second-order valence-corrected chi connectivity index (χ2v) is 3.53. The Morgan fingerprint density at radius 1 is 0.800 bits per heavy atom. The molecule has 0 unspecified atom stereocenters. The van der Waals surface area contributed by atoms with Gasteiger partial charge in [-0.3, -0.25) is 0 Å². The van der Waals surface area contributed by atoms with E-state index in [0.717, 1.165) is 11.8 Å². The molecule has 0 spiro atoms. The lowest BCUT2D eigenvalue weighted by atomic mass is 9.89. The summed E-state index contributed by atoms with van der Waals surface area (Å²) in [7, 11) is 0. The van der Waals surface area contributed by atoms with Crippen LogP contribution in [0.4, 0.5) is 0 Å². The molecular weight excluding hydrogens is 120 g/mol. The van der Waals surface area contributed by atoms with Crippen molar-refractivity contribution in [3.8, 4) is 0 Å². The Labute approximate surface area is 66.0 Å². The van der Waals surface area contributed by atoms with E-state index in [0.29, 0.717) is 0 Å². The van der Waals surface area contributed by atoms with Gasteiger partial charge in [-0.25, -0.2) is 0 Å². The Hall–Kier alpha value is 0. The quantitative estimate of drug-likeness (QED) is 0.547. The zero-order chi connectivity index (χ0) is 7.98. The first-order valence-corrected chi connectivity index (χ1v) is 4.72. The first-order chi connectivity index (χ1) is 4.72. The fraction of sp³-hybridized carbons (Fsp3) is 1.00. The Balaban J connectivity index is 3.38. The third kappa shape index (κ3) is 3.92. The summed E-state index contributed by atoms with van der Waals surface area (Å²) in [6.45, 7) is 9.30. The van der Waals surface area contributed by atoms with Crippen molar-refractivity contribution in [2.75, 3.05) is 0 Å². The highest BCUT2D eigenvalue weighted by atomic mass is 14.1. The van der Waals surface area contributed by atoms with Gasteiger partial charge < -0.3 is 0 Å². The molecule has 0 aromatic heterocycles. The molecule has 0 saturated carbocycles. The molecule has 2 atom stereocenters. The van der Waals surface area contributed by atoms with Crippen molar-refractivity contribution in [3.05, 3.63) is 0 Å². The van der Waals surface area contributed by atoms with Gasteiger partial charge >= 0.3 is 0 Å². The maximum absolute atomic E-state index is 2.38. The second kappa shape index (κ2) is 5.76. The summed E-state index contributed by atoms with van der Waals surface area (Å²) in [4.78, 5) is 0. The molecule has 0 N–H and O–H groups in total. The minimum absolute atomic E-state index is 0.935. The van der Waals surface area contributed by atoms with Crippen LogP contribution in [0.15, 0.2) is 0 Å². The van der Waals surface area contributed by atoms with Crippen LogP contribution in [0.1, 0.15) is 53.4 Å². The van der Waals surface area contributed by atoms with E-state index < -0.39 is 0 Å². The summed E-state index contributed by atoms with van der Waals surface area (Å²) in [5.41, 5.74) is 0. The fourth-order valence-corrected chi connectivity index (χ4v) is 1.48. The van der Waals surface area contributed by atoms with Gasteiger partial charge in [0.25, 0.3) is 0 Å². The van der Waals surface area contributed by atoms with Gasteiger partial charge in [-0.05, 0) is 11.8 Å². The second-order valence-electron chi connectivity index (χ2n) is 3.53. The standard InChI is InChI=1S/C10H22/c1-5-7-9(3)10(4)8-6-2/h9-10H,5-8H2,1-4H3/t9-,10-/m1/s1. The monoisotopic (exact) mass is 142 g/mol. The van der Waals surface area contributed by atoms with Crippen LogP contribution in [0.5, 0.6) is 0 Å². The predicted molar refractivity (Wildman–Crippen MR) is 48.1 cm³/mol. The average molecular weight is 142 g/mol. The molecule has 0 aliphatic carbocycles. The van der Waals surface area contributed by atoms with Crippen molar-refractivity contribution < 1.29 is 0 Å². The van der Waals surface area contributed by atoms with Crippen LogP contribution in [0.25, 0.3) is 0 Å². The molecule has 0 saturated heterocycles. The van der Waals surface area contributed by atoms with Gasteiger partial charge in [-0.15, -0.1) is 0 Å². The number of hydrogen-bond acceptors (Lipinski definition) is 0. The normalized spacial score (nSPS) is 16.8. The smallest absolute Gasteiger partial charge is 0.0417 e. The third-order valence-electron chi connectivity index (χ3n) is 2.46. The highest BCUT2D eigenvalue weighted by molar-refractivity contribution is 4.60. The summed E-state index contributed by atoms with van der Waals surface area (Å²) < 4.78 is 0. The summed E-state index contributed by atoms with van der Waals surface area (Å²) in [5, 5.41) is 0. The van der Waals surface area contributed by atoms with Crippen LogP contribution in [-0.4, -0.2) is 0 Å². The van der Waals surface area contributed by atoms with Crippen LogP contribution < -0.4 is 0 Å². The SMILES string of the molecule is CCC[C@@H](C)[C@H](C)CCC. The molecular formula is C10H22. The van der Waals surface area contributed by atoms with E-state index in [2.05, 4.69) is 27.7 Å². The lowest BCUT2D eigenvalue weighted by Gasteiger charge is -2.17. The van der Waals surface area contributed by atoms with E-state index in [4.69, 9.17) is 0 Å². The van der Waals surface area contributed by atoms with Crippen molar-refractivity contribution >= 4 is 0 Å². The van der Waals surface area contributed by atoms with Crippen LogP contribution in [0.3, 0.4) is 0 Å². The van der Waals surface area contributed by atoms with Gasteiger partial charge in [0.2, 0.25) is 0 Å². The maximum atomic E-state index is 2.38. The molecule has 0 heterocycles. The van der Waals surface area contributed by atoms with Crippen molar-refractivity contribution in [1.82, 2.24) is 0 Å². The van der Waals surface area contributed by atoms with E-state index in [1.807, 2.05) is 0 Å². The Morgan fingerprint density at radius 3 is 1.30 bits per heavy atom. The minimum atomic E-state index is 0.935. The molecule has 0 fully saturated rings. The molecule has 0 aliphatic heterocycles. The molecule has 0 aromatic rings. The van der Waals surface area contributed by atoms with E-state index in [9.17, 15) is 0 Å². The third-order valence-corrected chi connectivity index (χ3v) is 2.46. The molecule has 0 nitrogen and oxygen atoms in total. The highest BCUT2D eigenvalue weighted by Gasteiger charge is 2.08. The van der Waals surface area contributed by atoms with Gasteiger partial charge in [0, 0.05) is 0 Å². The zero-order valence-corrected chi connectivity index (χ0v) is 7.98. The van der Waals surface area contributed by atoms with Crippen LogP contribution in [0.2, 0.25) is 0 Å². The summed E-state index contributed by atoms with van der Waals surface area (Å²) in [5.74, 6) is 1.87. The van der Waals surface area contributed by atoms with Gasteiger partial charge in [-0.1, -0.05) is 53.4 Å². The van der Waals surface area contributed by atoms with E-state index in [1.54, 1.807) is 0 Å². The van der Waals surface area contributed by atoms with Crippen LogP contribution in [-0.2, 0) is 0 Å². The Kier molecular flexibility index (Phi) is 5.76. The van der Waals surface area contributed by atoms with E-state index in [1.165, 1.54) is 25.7 Å². The van der Waals surface area contributed by atoms with Gasteiger partial charge in [0.05, 0.1) is 0 Å². The summed E-state index contributed by atoms with van der Waals surface area (Å²) in [6.07, 6.45) is 5.49. The minimum Gasteiger partial charge on any atom is -0.0654 e. The van der Waals surface area contributed by atoms with Crippen molar-refractivity contribution in [2.45, 2.75) is 53.4 Å². The van der Waals surface area contributed by atoms with Crippen LogP contribution in [0, 0.1) is 11.8 Å². The Morgan fingerprint density at radius 2 is 1.10 bits per heavy atom. The van der Waals surface area contributed by atoms with Gasteiger partial charge in [0.1, 0.15) is 0 Å². The molecule has 0 bridgehead atoms. The molecule has 10 heavy (non-hydrogen) atoms. The number of rotatable bonds is 5. The zero-order valence-electron chi connectivity index (χ0n) is 7.98. The number of hydrogen-bond donors (Lipinski definition) is 0. The molecule has 0 amide bonds. The maximum Gasteiger partial charge on any atom is -0.0417 e. The van der Waals surface area contributed by atoms with Gasteiger partial charge in [-0.2, -0.15) is 0 Å². The van der Waals surface area contributed by atoms with Crippen LogP contribution >= 0.6 is 0 Å².